The molecule has 0 spiro atoms. The maximum Gasteiger partial charge on any atom is 0.164 e. The Balaban J connectivity index is 1.26. The van der Waals surface area contributed by atoms with Gasteiger partial charge in [0.1, 0.15) is 0 Å². The highest BCUT2D eigenvalue weighted by molar-refractivity contribution is 6.31. The van der Waals surface area contributed by atoms with E-state index in [1.54, 1.807) is 0 Å². The second-order valence-corrected chi connectivity index (χ2v) is 10.3. The van der Waals surface area contributed by atoms with E-state index in [1.807, 2.05) is 48.5 Å². The number of aromatic nitrogens is 3. The molecule has 0 amide bonds. The van der Waals surface area contributed by atoms with Crippen molar-refractivity contribution in [3.05, 3.63) is 151 Å². The predicted octanol–water partition coefficient (Wildman–Crippen LogP) is 10.0. The van der Waals surface area contributed by atoms with Crippen LogP contribution in [0.15, 0.2) is 146 Å². The third-order valence-electron chi connectivity index (χ3n) is 7.20. The molecule has 194 valence electrons. The SMILES string of the molecule is Clc1ccc2cc(-c3ccc(-c4nc(-c5ccccc5)nc(-c5ccc(-c6ccccc6)cc5)n4)cc3)ccc2c1. The second kappa shape index (κ2) is 10.8. The maximum atomic E-state index is 6.17. The number of fused-ring (bicyclic) bond motifs is 1. The van der Waals surface area contributed by atoms with E-state index in [4.69, 9.17) is 26.6 Å². The van der Waals surface area contributed by atoms with E-state index in [0.717, 1.165) is 49.2 Å². The van der Waals surface area contributed by atoms with Crippen LogP contribution in [0, 0.1) is 0 Å². The molecule has 0 unspecified atom stereocenters. The van der Waals surface area contributed by atoms with E-state index in [2.05, 4.69) is 97.1 Å². The first-order valence-electron chi connectivity index (χ1n) is 13.5. The fourth-order valence-electron chi connectivity index (χ4n) is 5.00. The first-order valence-corrected chi connectivity index (χ1v) is 13.8. The van der Waals surface area contributed by atoms with Crippen molar-refractivity contribution >= 4 is 22.4 Å². The van der Waals surface area contributed by atoms with Crippen LogP contribution >= 0.6 is 11.6 Å². The topological polar surface area (TPSA) is 38.7 Å². The van der Waals surface area contributed by atoms with Gasteiger partial charge in [-0.3, -0.25) is 0 Å². The summed E-state index contributed by atoms with van der Waals surface area (Å²) in [6, 6.07) is 49.6. The molecule has 0 saturated carbocycles. The van der Waals surface area contributed by atoms with Crippen molar-refractivity contribution in [1.29, 1.82) is 0 Å². The Morgan fingerprint density at radius 2 is 0.683 bits per heavy atom. The normalized spacial score (nSPS) is 11.0. The lowest BCUT2D eigenvalue weighted by atomic mass is 10.00. The molecule has 7 rings (SSSR count). The third-order valence-corrected chi connectivity index (χ3v) is 7.43. The molecule has 3 nitrogen and oxygen atoms in total. The quantitative estimate of drug-likeness (QED) is 0.216. The van der Waals surface area contributed by atoms with Crippen LogP contribution in [-0.4, -0.2) is 15.0 Å². The molecular weight excluding hydrogens is 522 g/mol. The van der Waals surface area contributed by atoms with Gasteiger partial charge in [0.15, 0.2) is 17.5 Å². The van der Waals surface area contributed by atoms with Gasteiger partial charge in [-0.15, -0.1) is 0 Å². The second-order valence-electron chi connectivity index (χ2n) is 9.90. The summed E-state index contributed by atoms with van der Waals surface area (Å²) in [4.78, 5) is 14.7. The zero-order valence-electron chi connectivity index (χ0n) is 22.1. The minimum Gasteiger partial charge on any atom is -0.208 e. The molecule has 0 fully saturated rings. The van der Waals surface area contributed by atoms with Crippen molar-refractivity contribution in [3.63, 3.8) is 0 Å². The number of halogens is 1. The summed E-state index contributed by atoms with van der Waals surface area (Å²) in [5, 5.41) is 3.03. The van der Waals surface area contributed by atoms with Crippen LogP contribution in [0.1, 0.15) is 0 Å². The summed E-state index contributed by atoms with van der Waals surface area (Å²) >= 11 is 6.17. The smallest absolute Gasteiger partial charge is 0.164 e. The van der Waals surface area contributed by atoms with Gasteiger partial charge in [0.2, 0.25) is 0 Å². The maximum absolute atomic E-state index is 6.17. The molecule has 0 aliphatic heterocycles. The van der Waals surface area contributed by atoms with Crippen molar-refractivity contribution in [1.82, 2.24) is 15.0 Å². The minimum absolute atomic E-state index is 0.640. The molecule has 0 radical (unpaired) electrons. The van der Waals surface area contributed by atoms with Crippen molar-refractivity contribution in [2.75, 3.05) is 0 Å². The number of nitrogens with zero attached hydrogens (tertiary/aromatic N) is 3. The average Bonchev–Trinajstić information content (AvgIpc) is 3.05. The standard InChI is InChI=1S/C37H24ClN3/c38-34-22-21-32-23-31(19-20-33(32)24-34)27-13-17-30(18-14-27)37-40-35(28-9-5-2-6-10-28)39-36(41-37)29-15-11-26(12-16-29)25-7-3-1-4-8-25/h1-24H. The van der Waals surface area contributed by atoms with Gasteiger partial charge in [0.25, 0.3) is 0 Å². The Morgan fingerprint density at radius 3 is 1.24 bits per heavy atom. The Labute approximate surface area is 243 Å². The number of benzene rings is 6. The Kier molecular flexibility index (Phi) is 6.56. The van der Waals surface area contributed by atoms with Gasteiger partial charge in [-0.1, -0.05) is 139 Å². The van der Waals surface area contributed by atoms with Crippen LogP contribution in [0.25, 0.3) is 67.2 Å². The highest BCUT2D eigenvalue weighted by Gasteiger charge is 2.13. The van der Waals surface area contributed by atoms with E-state index in [0.29, 0.717) is 17.5 Å². The highest BCUT2D eigenvalue weighted by atomic mass is 35.5. The predicted molar refractivity (Wildman–Crippen MR) is 170 cm³/mol. The van der Waals surface area contributed by atoms with Gasteiger partial charge < -0.3 is 0 Å². The Morgan fingerprint density at radius 1 is 0.317 bits per heavy atom. The van der Waals surface area contributed by atoms with E-state index in [9.17, 15) is 0 Å². The zero-order valence-corrected chi connectivity index (χ0v) is 22.8. The summed E-state index contributed by atoms with van der Waals surface area (Å²) in [5.74, 6) is 1.93. The first kappa shape index (κ1) is 24.9. The van der Waals surface area contributed by atoms with E-state index >= 15 is 0 Å². The van der Waals surface area contributed by atoms with Gasteiger partial charge >= 0.3 is 0 Å². The first-order chi connectivity index (χ1) is 20.2. The van der Waals surface area contributed by atoms with Gasteiger partial charge in [0.05, 0.1) is 0 Å². The summed E-state index contributed by atoms with van der Waals surface area (Å²) in [5.41, 5.74) is 7.42. The lowest BCUT2D eigenvalue weighted by Crippen LogP contribution is -2.00. The largest absolute Gasteiger partial charge is 0.208 e. The molecule has 41 heavy (non-hydrogen) atoms. The monoisotopic (exact) mass is 545 g/mol. The van der Waals surface area contributed by atoms with Crippen molar-refractivity contribution in [3.8, 4) is 56.4 Å². The van der Waals surface area contributed by atoms with Gasteiger partial charge in [-0.05, 0) is 51.2 Å². The van der Waals surface area contributed by atoms with Crippen LogP contribution in [0.4, 0.5) is 0 Å². The molecule has 0 atom stereocenters. The zero-order chi connectivity index (χ0) is 27.6. The summed E-state index contributed by atoms with van der Waals surface area (Å²) < 4.78 is 0. The van der Waals surface area contributed by atoms with Crippen LogP contribution in [0.5, 0.6) is 0 Å². The van der Waals surface area contributed by atoms with Crippen molar-refractivity contribution < 1.29 is 0 Å². The van der Waals surface area contributed by atoms with Crippen LogP contribution in [0.3, 0.4) is 0 Å². The van der Waals surface area contributed by atoms with Gasteiger partial charge in [-0.2, -0.15) is 0 Å². The number of hydrogen-bond acceptors (Lipinski definition) is 3. The molecular formula is C37H24ClN3. The average molecular weight is 546 g/mol. The summed E-state index contributed by atoms with van der Waals surface area (Å²) in [6.45, 7) is 0. The molecule has 0 bridgehead atoms. The van der Waals surface area contributed by atoms with Crippen molar-refractivity contribution in [2.24, 2.45) is 0 Å². The van der Waals surface area contributed by atoms with Gasteiger partial charge in [0, 0.05) is 21.7 Å². The Hall–Kier alpha value is -5.12. The fraction of sp³-hybridized carbons (Fsp3) is 0. The van der Waals surface area contributed by atoms with E-state index < -0.39 is 0 Å². The molecule has 0 saturated heterocycles. The van der Waals surface area contributed by atoms with Crippen molar-refractivity contribution in [2.45, 2.75) is 0 Å². The molecule has 0 aliphatic rings. The molecule has 6 aromatic carbocycles. The molecule has 1 aromatic heterocycles. The van der Waals surface area contributed by atoms with E-state index in [-0.39, 0.29) is 0 Å². The highest BCUT2D eigenvalue weighted by Crippen LogP contribution is 2.30. The third kappa shape index (κ3) is 5.23. The molecule has 7 aromatic rings. The lowest BCUT2D eigenvalue weighted by Gasteiger charge is -2.10. The Bertz CT molecular complexity index is 1970. The summed E-state index contributed by atoms with van der Waals surface area (Å²) in [7, 11) is 0. The van der Waals surface area contributed by atoms with Crippen LogP contribution in [0.2, 0.25) is 5.02 Å². The number of hydrogen-bond donors (Lipinski definition) is 0. The molecule has 4 heteroatoms. The molecule has 1 heterocycles. The number of rotatable bonds is 5. The van der Waals surface area contributed by atoms with E-state index in [1.165, 1.54) is 5.56 Å². The van der Waals surface area contributed by atoms with Crippen LogP contribution < -0.4 is 0 Å². The molecule has 0 aliphatic carbocycles. The van der Waals surface area contributed by atoms with Gasteiger partial charge in [-0.25, -0.2) is 15.0 Å². The fourth-order valence-corrected chi connectivity index (χ4v) is 5.18. The summed E-state index contributed by atoms with van der Waals surface area (Å²) in [6.07, 6.45) is 0. The lowest BCUT2D eigenvalue weighted by molar-refractivity contribution is 1.07. The van der Waals surface area contributed by atoms with Crippen LogP contribution in [-0.2, 0) is 0 Å². The minimum atomic E-state index is 0.640. The molecule has 0 N–H and O–H groups in total.